The summed E-state index contributed by atoms with van der Waals surface area (Å²) in [5.41, 5.74) is 9.69. The maximum Gasteiger partial charge on any atom is 0.237 e. The van der Waals surface area contributed by atoms with Crippen LogP contribution in [0, 0.1) is 13.8 Å². The molecule has 0 saturated carbocycles. The molecule has 200 valence electrons. The van der Waals surface area contributed by atoms with Crippen LogP contribution >= 0.6 is 22.7 Å². The van der Waals surface area contributed by atoms with Gasteiger partial charge in [-0.15, -0.1) is 22.7 Å². The van der Waals surface area contributed by atoms with Gasteiger partial charge in [0.1, 0.15) is 10.0 Å². The molecule has 2 aliphatic heterocycles. The van der Waals surface area contributed by atoms with Gasteiger partial charge in [0.2, 0.25) is 5.91 Å². The molecular weight excluding hydrogens is 525 g/mol. The molecule has 4 heterocycles. The summed E-state index contributed by atoms with van der Waals surface area (Å²) in [5, 5.41) is 11.9. The van der Waals surface area contributed by atoms with Gasteiger partial charge < -0.3 is 10.0 Å². The summed E-state index contributed by atoms with van der Waals surface area (Å²) in [6.45, 7) is 7.36. The van der Waals surface area contributed by atoms with Crippen molar-refractivity contribution >= 4 is 28.6 Å². The predicted octanol–water partition coefficient (Wildman–Crippen LogP) is 5.61. The molecule has 1 saturated heterocycles. The standard InChI is InChI=1S/C31H32N4O2S2/c1-18-21(6-3-8-23(18)30-32-25-10-5-11-27(25)38-30)22-7-4-9-24(19(22)2)31-33-26-15-35(16-28(26)39-31)29(37)17-34-13-12-20(36)14-34/h3-4,6-9,20,36H,5,10-17H2,1-2H3/t20-/m1/s1. The Hall–Kier alpha value is -2.91. The Morgan fingerprint density at radius 3 is 2.15 bits per heavy atom. The number of nitrogens with zero attached hydrogens (tertiary/aromatic N) is 4. The van der Waals surface area contributed by atoms with E-state index in [1.54, 1.807) is 11.3 Å². The Morgan fingerprint density at radius 2 is 1.54 bits per heavy atom. The van der Waals surface area contributed by atoms with Crippen LogP contribution in [0.15, 0.2) is 36.4 Å². The average molecular weight is 557 g/mol. The Morgan fingerprint density at radius 1 is 0.897 bits per heavy atom. The Bertz CT molecular complexity index is 1540. The second kappa shape index (κ2) is 9.93. The summed E-state index contributed by atoms with van der Waals surface area (Å²) >= 11 is 3.57. The molecule has 0 spiro atoms. The molecule has 0 unspecified atom stereocenters. The zero-order valence-electron chi connectivity index (χ0n) is 22.4. The number of rotatable bonds is 5. The maximum atomic E-state index is 12.9. The summed E-state index contributed by atoms with van der Waals surface area (Å²) in [4.78, 5) is 29.4. The van der Waals surface area contributed by atoms with E-state index in [0.29, 0.717) is 26.2 Å². The van der Waals surface area contributed by atoms with E-state index in [1.807, 2.05) is 21.1 Å². The minimum atomic E-state index is -0.305. The van der Waals surface area contributed by atoms with Crippen molar-refractivity contribution in [3.05, 3.63) is 68.7 Å². The second-order valence-corrected chi connectivity index (χ2v) is 13.2. The summed E-state index contributed by atoms with van der Waals surface area (Å²) in [5.74, 6) is 0.120. The lowest BCUT2D eigenvalue weighted by atomic mass is 9.91. The molecular formula is C31H32N4O2S2. The SMILES string of the molecule is Cc1c(-c2nc3c(s2)CCC3)cccc1-c1cccc(-c2nc3c(s2)CN(C(=O)CN2CC[C@@H](O)C2)C3)c1C. The van der Waals surface area contributed by atoms with Gasteiger partial charge in [0.05, 0.1) is 37.1 Å². The van der Waals surface area contributed by atoms with Crippen LogP contribution < -0.4 is 0 Å². The number of aliphatic hydroxyl groups excluding tert-OH is 1. The normalized spacial score (nSPS) is 18.6. The number of amides is 1. The zero-order valence-corrected chi connectivity index (χ0v) is 24.0. The molecule has 1 fully saturated rings. The first-order valence-electron chi connectivity index (χ1n) is 13.8. The van der Waals surface area contributed by atoms with Gasteiger partial charge in [-0.1, -0.05) is 36.4 Å². The monoisotopic (exact) mass is 556 g/mol. The highest BCUT2D eigenvalue weighted by atomic mass is 32.1. The molecule has 1 amide bonds. The Labute approximate surface area is 237 Å². The number of aryl methyl sites for hydroxylation is 2. The summed E-state index contributed by atoms with van der Waals surface area (Å²) < 4.78 is 0. The number of carbonyl (C=O) groups excluding carboxylic acids is 1. The molecule has 8 heteroatoms. The third kappa shape index (κ3) is 4.53. The minimum Gasteiger partial charge on any atom is -0.392 e. The smallest absolute Gasteiger partial charge is 0.237 e. The summed E-state index contributed by atoms with van der Waals surface area (Å²) in [6.07, 6.45) is 3.95. The van der Waals surface area contributed by atoms with E-state index in [1.165, 1.54) is 56.1 Å². The maximum absolute atomic E-state index is 12.9. The molecule has 0 radical (unpaired) electrons. The quantitative estimate of drug-likeness (QED) is 0.346. The fraction of sp³-hybridized carbons (Fsp3) is 0.387. The minimum absolute atomic E-state index is 0.120. The third-order valence-corrected chi connectivity index (χ3v) is 10.7. The lowest BCUT2D eigenvalue weighted by Gasteiger charge is -2.20. The number of aromatic nitrogens is 2. The highest BCUT2D eigenvalue weighted by Crippen LogP contribution is 2.41. The number of fused-ring (bicyclic) bond motifs is 2. The lowest BCUT2D eigenvalue weighted by Crippen LogP contribution is -2.37. The zero-order chi connectivity index (χ0) is 26.7. The van der Waals surface area contributed by atoms with Crippen LogP contribution in [0.5, 0.6) is 0 Å². The first-order valence-corrected chi connectivity index (χ1v) is 15.4. The fourth-order valence-corrected chi connectivity index (χ4v) is 8.60. The van der Waals surface area contributed by atoms with E-state index in [9.17, 15) is 9.90 Å². The molecule has 1 N–H and O–H groups in total. The van der Waals surface area contributed by atoms with Crippen molar-refractivity contribution in [3.63, 3.8) is 0 Å². The Balaban J connectivity index is 1.13. The molecule has 7 rings (SSSR count). The summed E-state index contributed by atoms with van der Waals surface area (Å²) in [7, 11) is 0. The number of carbonyl (C=O) groups is 1. The van der Waals surface area contributed by atoms with E-state index in [4.69, 9.17) is 9.97 Å². The highest BCUT2D eigenvalue weighted by molar-refractivity contribution is 7.15. The van der Waals surface area contributed by atoms with Gasteiger partial charge in [0.15, 0.2) is 0 Å². The van der Waals surface area contributed by atoms with Gasteiger partial charge in [0, 0.05) is 34.0 Å². The van der Waals surface area contributed by atoms with Crippen molar-refractivity contribution < 1.29 is 9.90 Å². The number of hydrogen-bond acceptors (Lipinski definition) is 7. The van der Waals surface area contributed by atoms with Crippen LogP contribution in [0.2, 0.25) is 0 Å². The molecule has 39 heavy (non-hydrogen) atoms. The van der Waals surface area contributed by atoms with Gasteiger partial charge in [-0.25, -0.2) is 9.97 Å². The van der Waals surface area contributed by atoms with Crippen LogP contribution in [-0.4, -0.2) is 56.5 Å². The van der Waals surface area contributed by atoms with E-state index in [-0.39, 0.29) is 12.0 Å². The molecule has 4 aromatic rings. The van der Waals surface area contributed by atoms with Crippen LogP contribution in [0.1, 0.15) is 45.1 Å². The van der Waals surface area contributed by atoms with Crippen LogP contribution in [0.3, 0.4) is 0 Å². The number of β-amino-alcohol motifs (C(OH)–C–C–N with tert-alkyl or cyclic N) is 1. The second-order valence-electron chi connectivity index (χ2n) is 11.0. The summed E-state index contributed by atoms with van der Waals surface area (Å²) in [6, 6.07) is 13.1. The van der Waals surface area contributed by atoms with Crippen molar-refractivity contribution in [2.75, 3.05) is 19.6 Å². The topological polar surface area (TPSA) is 69.6 Å². The molecule has 3 aliphatic rings. The number of thiazole rings is 2. The molecule has 2 aromatic carbocycles. The largest absolute Gasteiger partial charge is 0.392 e. The van der Waals surface area contributed by atoms with Gasteiger partial charge in [-0.05, 0) is 61.8 Å². The fourth-order valence-electron chi connectivity index (χ4n) is 6.20. The van der Waals surface area contributed by atoms with Crippen LogP contribution in [0.25, 0.3) is 32.3 Å². The van der Waals surface area contributed by atoms with E-state index >= 15 is 0 Å². The number of hydrogen-bond donors (Lipinski definition) is 1. The van der Waals surface area contributed by atoms with Crippen molar-refractivity contribution in [1.29, 1.82) is 0 Å². The van der Waals surface area contributed by atoms with Crippen molar-refractivity contribution in [2.24, 2.45) is 0 Å². The molecule has 1 atom stereocenters. The van der Waals surface area contributed by atoms with Crippen LogP contribution in [0.4, 0.5) is 0 Å². The highest BCUT2D eigenvalue weighted by Gasteiger charge is 2.30. The first-order chi connectivity index (χ1) is 18.9. The molecule has 2 aromatic heterocycles. The van der Waals surface area contributed by atoms with E-state index in [2.05, 4.69) is 50.2 Å². The average Bonchev–Trinajstić information content (AvgIpc) is 3.71. The molecule has 0 bridgehead atoms. The van der Waals surface area contributed by atoms with Crippen molar-refractivity contribution in [2.45, 2.75) is 58.7 Å². The van der Waals surface area contributed by atoms with E-state index in [0.717, 1.165) is 40.7 Å². The number of aliphatic hydroxyl groups is 1. The van der Waals surface area contributed by atoms with Gasteiger partial charge in [-0.3, -0.25) is 9.69 Å². The van der Waals surface area contributed by atoms with Crippen molar-refractivity contribution in [1.82, 2.24) is 19.8 Å². The Kier molecular flexibility index (Phi) is 6.39. The van der Waals surface area contributed by atoms with Gasteiger partial charge in [0.25, 0.3) is 0 Å². The molecule has 1 aliphatic carbocycles. The third-order valence-electron chi connectivity index (χ3n) is 8.43. The van der Waals surface area contributed by atoms with Crippen LogP contribution in [-0.2, 0) is 30.7 Å². The number of likely N-dealkylation sites (tertiary alicyclic amines) is 1. The predicted molar refractivity (Wildman–Crippen MR) is 157 cm³/mol. The van der Waals surface area contributed by atoms with Gasteiger partial charge >= 0.3 is 0 Å². The molecule has 6 nitrogen and oxygen atoms in total. The van der Waals surface area contributed by atoms with E-state index < -0.39 is 0 Å². The number of benzene rings is 2. The van der Waals surface area contributed by atoms with Gasteiger partial charge in [-0.2, -0.15) is 0 Å². The first kappa shape index (κ1) is 25.1. The van der Waals surface area contributed by atoms with Crippen molar-refractivity contribution in [3.8, 4) is 32.3 Å². The lowest BCUT2D eigenvalue weighted by molar-refractivity contribution is -0.132.